The molecule has 3 N–H and O–H groups in total. The molecule has 0 fully saturated rings. The van der Waals surface area contributed by atoms with Crippen LogP contribution in [-0.4, -0.2) is 34.1 Å². The van der Waals surface area contributed by atoms with E-state index in [0.29, 0.717) is 18.7 Å². The number of carbonyl (C=O) groups is 3. The van der Waals surface area contributed by atoms with E-state index in [0.717, 1.165) is 16.9 Å². The Balaban J connectivity index is 1.47. The van der Waals surface area contributed by atoms with Gasteiger partial charge in [-0.2, -0.15) is 0 Å². The lowest BCUT2D eigenvalue weighted by molar-refractivity contribution is -0.123. The Morgan fingerprint density at radius 3 is 2.38 bits per heavy atom. The summed E-state index contributed by atoms with van der Waals surface area (Å²) in [5.74, 6) is -1.67. The van der Waals surface area contributed by atoms with Crippen molar-refractivity contribution in [2.75, 3.05) is 6.54 Å². The molecule has 0 saturated heterocycles. The van der Waals surface area contributed by atoms with E-state index >= 15 is 0 Å². The number of benzene rings is 2. The van der Waals surface area contributed by atoms with E-state index in [1.165, 1.54) is 19.9 Å². The van der Waals surface area contributed by atoms with Gasteiger partial charge < -0.3 is 24.7 Å². The molecule has 0 amide bonds. The summed E-state index contributed by atoms with van der Waals surface area (Å²) >= 11 is 0. The first-order valence-corrected chi connectivity index (χ1v) is 13.1. The molecule has 1 aromatic heterocycles. The van der Waals surface area contributed by atoms with Crippen LogP contribution in [0.2, 0.25) is 0 Å². The molecule has 0 bridgehead atoms. The first kappa shape index (κ1) is 27.0. The molecule has 2 aromatic carbocycles. The quantitative estimate of drug-likeness (QED) is 0.210. The number of ketones is 3. The average Bonchev–Trinajstić information content (AvgIpc) is 3.53. The monoisotopic (exact) mass is 541 g/mol. The highest BCUT2D eigenvalue weighted by Crippen LogP contribution is 2.57. The van der Waals surface area contributed by atoms with Crippen LogP contribution in [0.5, 0.6) is 17.2 Å². The predicted octanol–water partition coefficient (Wildman–Crippen LogP) is 5.28. The fourth-order valence-electron chi connectivity index (χ4n) is 5.62. The second kappa shape index (κ2) is 9.86. The van der Waals surface area contributed by atoms with Crippen molar-refractivity contribution in [1.29, 1.82) is 0 Å². The average molecular weight is 542 g/mol. The number of rotatable bonds is 7. The van der Waals surface area contributed by atoms with Crippen LogP contribution >= 0.6 is 0 Å². The molecule has 206 valence electrons. The zero-order chi connectivity index (χ0) is 28.9. The lowest BCUT2D eigenvalue weighted by atomic mass is 9.70. The Morgan fingerprint density at radius 1 is 1.05 bits per heavy atom. The first-order chi connectivity index (χ1) is 19.0. The van der Waals surface area contributed by atoms with Crippen molar-refractivity contribution in [3.05, 3.63) is 99.3 Å². The Labute approximate surface area is 232 Å². The minimum Gasteiger partial charge on any atom is -0.507 e. The maximum Gasteiger partial charge on any atom is 0.194 e. The van der Waals surface area contributed by atoms with Gasteiger partial charge in [-0.3, -0.25) is 14.4 Å². The molecule has 2 atom stereocenters. The largest absolute Gasteiger partial charge is 0.507 e. The smallest absolute Gasteiger partial charge is 0.194 e. The van der Waals surface area contributed by atoms with Crippen LogP contribution in [0.1, 0.15) is 71.5 Å². The molecule has 0 radical (unpaired) electrons. The summed E-state index contributed by atoms with van der Waals surface area (Å²) in [4.78, 5) is 39.6. The highest BCUT2D eigenvalue weighted by atomic mass is 16.5. The number of hydrogen-bond acceptors (Lipinski definition) is 8. The van der Waals surface area contributed by atoms with Crippen LogP contribution in [0.15, 0.2) is 70.2 Å². The van der Waals surface area contributed by atoms with Crippen molar-refractivity contribution in [3.63, 3.8) is 0 Å². The summed E-state index contributed by atoms with van der Waals surface area (Å²) in [5, 5.41) is 24.8. The Morgan fingerprint density at radius 2 is 1.75 bits per heavy atom. The topological polar surface area (TPSA) is 126 Å². The third-order valence-corrected chi connectivity index (χ3v) is 7.95. The number of aromatic hydroxyl groups is 2. The molecule has 8 nitrogen and oxygen atoms in total. The number of ether oxygens (including phenoxy) is 1. The lowest BCUT2D eigenvalue weighted by Crippen LogP contribution is -2.41. The van der Waals surface area contributed by atoms with E-state index in [-0.39, 0.29) is 45.4 Å². The molecule has 40 heavy (non-hydrogen) atoms. The number of hydrogen-bond donors (Lipinski definition) is 3. The molecule has 2 heterocycles. The molecular formula is C32H31NO7. The second-order valence-electron chi connectivity index (χ2n) is 10.6. The SMILES string of the molecule is CC(=O)c1c(O)c(C)c(O)c2c1OC1=CC(=O)C(=C(C)NCCC(c3ccc(C)cc3)c3ccco3)C(=O)C12C. The van der Waals surface area contributed by atoms with Crippen molar-refractivity contribution in [2.24, 2.45) is 0 Å². The van der Waals surface area contributed by atoms with E-state index in [1.54, 1.807) is 20.1 Å². The van der Waals surface area contributed by atoms with Crippen molar-refractivity contribution in [2.45, 2.75) is 52.4 Å². The zero-order valence-corrected chi connectivity index (χ0v) is 23.0. The van der Waals surface area contributed by atoms with Crippen LogP contribution in [0.3, 0.4) is 0 Å². The first-order valence-electron chi connectivity index (χ1n) is 13.1. The number of allylic oxidation sites excluding steroid dienone is 4. The number of Topliss-reactive ketones (excluding diaryl/α,β-unsaturated/α-hetero) is 2. The molecule has 2 aliphatic rings. The maximum absolute atomic E-state index is 14.0. The van der Waals surface area contributed by atoms with E-state index in [9.17, 15) is 24.6 Å². The standard InChI is InChI=1S/C32H31NO7/c1-16-8-10-20(11-9-16)21(23-7-6-14-39-23)12-13-33-18(3)25-22(35)15-24-32(5,31(25)38)27-29(37)17(2)28(36)26(19(4)34)30(27)40-24/h6-11,14-15,21,33,36-37H,12-13H2,1-5H3. The number of furan rings is 1. The zero-order valence-electron chi connectivity index (χ0n) is 23.0. The van der Waals surface area contributed by atoms with Crippen LogP contribution in [-0.2, 0) is 15.0 Å². The number of nitrogens with one attached hydrogen (secondary N) is 1. The molecule has 0 spiro atoms. The fraction of sp³-hybridized carbons (Fsp3) is 0.281. The van der Waals surface area contributed by atoms with Crippen molar-refractivity contribution >= 4 is 17.3 Å². The van der Waals surface area contributed by atoms with Gasteiger partial charge in [0.1, 0.15) is 39.7 Å². The molecule has 3 aromatic rings. The van der Waals surface area contributed by atoms with Crippen molar-refractivity contribution in [3.8, 4) is 17.2 Å². The van der Waals surface area contributed by atoms with Crippen molar-refractivity contribution < 1.29 is 33.8 Å². The van der Waals surface area contributed by atoms with Gasteiger partial charge in [0.05, 0.1) is 17.4 Å². The summed E-state index contributed by atoms with van der Waals surface area (Å²) in [6.45, 7) is 8.40. The van der Waals surface area contributed by atoms with Crippen LogP contribution in [0.25, 0.3) is 0 Å². The van der Waals surface area contributed by atoms with Gasteiger partial charge in [0.25, 0.3) is 0 Å². The molecule has 2 unspecified atom stereocenters. The third kappa shape index (κ3) is 4.11. The van der Waals surface area contributed by atoms with E-state index in [4.69, 9.17) is 9.15 Å². The third-order valence-electron chi connectivity index (χ3n) is 7.95. The Kier molecular flexibility index (Phi) is 6.66. The summed E-state index contributed by atoms with van der Waals surface area (Å²) in [6.07, 6.45) is 3.49. The Bertz CT molecular complexity index is 1610. The Hall–Kier alpha value is -4.59. The fourth-order valence-corrected chi connectivity index (χ4v) is 5.62. The highest BCUT2D eigenvalue weighted by Gasteiger charge is 2.56. The van der Waals surface area contributed by atoms with E-state index in [2.05, 4.69) is 17.4 Å². The van der Waals surface area contributed by atoms with Gasteiger partial charge >= 0.3 is 0 Å². The van der Waals surface area contributed by atoms with Gasteiger partial charge in [0.15, 0.2) is 17.3 Å². The summed E-state index contributed by atoms with van der Waals surface area (Å²) in [5.41, 5.74) is 1.02. The van der Waals surface area contributed by atoms with Gasteiger partial charge in [0.2, 0.25) is 0 Å². The second-order valence-corrected chi connectivity index (χ2v) is 10.6. The summed E-state index contributed by atoms with van der Waals surface area (Å²) in [7, 11) is 0. The number of fused-ring (bicyclic) bond motifs is 3. The normalized spacial score (nSPS) is 19.9. The number of phenolic OH excluding ortho intramolecular Hbond substituents is 2. The molecule has 0 saturated carbocycles. The number of phenols is 2. The molecule has 5 rings (SSSR count). The van der Waals surface area contributed by atoms with Crippen molar-refractivity contribution in [1.82, 2.24) is 5.32 Å². The summed E-state index contributed by atoms with van der Waals surface area (Å²) in [6, 6.07) is 12.0. The van der Waals surface area contributed by atoms with Gasteiger partial charge in [-0.05, 0) is 58.7 Å². The minimum absolute atomic E-state index is 0.00843. The molecular weight excluding hydrogens is 510 g/mol. The van der Waals surface area contributed by atoms with E-state index in [1.807, 2.05) is 31.2 Å². The molecule has 1 aliphatic heterocycles. The van der Waals surface area contributed by atoms with Crippen LogP contribution in [0, 0.1) is 13.8 Å². The molecule has 8 heteroatoms. The molecule has 1 aliphatic carbocycles. The number of carbonyl (C=O) groups excluding carboxylic acids is 3. The number of aryl methyl sites for hydroxylation is 1. The van der Waals surface area contributed by atoms with Crippen LogP contribution in [0.4, 0.5) is 0 Å². The van der Waals surface area contributed by atoms with Gasteiger partial charge in [-0.15, -0.1) is 0 Å². The lowest BCUT2D eigenvalue weighted by Gasteiger charge is -2.29. The predicted molar refractivity (Wildman–Crippen MR) is 148 cm³/mol. The van der Waals surface area contributed by atoms with Gasteiger partial charge in [-0.1, -0.05) is 29.8 Å². The highest BCUT2D eigenvalue weighted by molar-refractivity contribution is 6.31. The maximum atomic E-state index is 14.0. The van der Waals surface area contributed by atoms with Gasteiger partial charge in [0, 0.05) is 29.8 Å². The van der Waals surface area contributed by atoms with Gasteiger partial charge in [-0.25, -0.2) is 0 Å². The van der Waals surface area contributed by atoms with Crippen LogP contribution < -0.4 is 10.1 Å². The van der Waals surface area contributed by atoms with E-state index < -0.39 is 28.5 Å². The minimum atomic E-state index is -1.55. The summed E-state index contributed by atoms with van der Waals surface area (Å²) < 4.78 is 11.5.